The molecule has 8 aromatic rings. The molecular weight excluding hydrogens is 544 g/mol. The third-order valence-electron chi connectivity index (χ3n) is 9.57. The molecular formula is C44H30O. The maximum Gasteiger partial charge on any atom is 0.135 e. The van der Waals surface area contributed by atoms with Crippen LogP contribution in [0.4, 0.5) is 0 Å². The number of hydrogen-bond donors (Lipinski definition) is 0. The smallest absolute Gasteiger partial charge is 0.135 e. The van der Waals surface area contributed by atoms with Crippen LogP contribution >= 0.6 is 0 Å². The lowest BCUT2D eigenvalue weighted by Gasteiger charge is -2.33. The van der Waals surface area contributed by atoms with Crippen LogP contribution in [0.1, 0.15) is 33.4 Å². The maximum absolute atomic E-state index is 6.26. The van der Waals surface area contributed by atoms with Gasteiger partial charge in [0.15, 0.2) is 0 Å². The van der Waals surface area contributed by atoms with E-state index in [1.807, 2.05) is 0 Å². The zero-order valence-electron chi connectivity index (χ0n) is 24.8. The summed E-state index contributed by atoms with van der Waals surface area (Å²) < 4.78 is 6.26. The average Bonchev–Trinajstić information content (AvgIpc) is 3.62. The highest BCUT2D eigenvalue weighted by atomic mass is 16.3. The van der Waals surface area contributed by atoms with E-state index in [2.05, 4.69) is 170 Å². The zero-order valence-corrected chi connectivity index (χ0v) is 24.8. The number of rotatable bonds is 5. The molecule has 0 fully saturated rings. The third-order valence-corrected chi connectivity index (χ3v) is 9.57. The normalized spacial score (nSPS) is 13.2. The van der Waals surface area contributed by atoms with E-state index in [9.17, 15) is 0 Å². The molecule has 1 aliphatic carbocycles. The first-order valence-electron chi connectivity index (χ1n) is 15.6. The molecule has 0 bridgehead atoms. The van der Waals surface area contributed by atoms with Crippen LogP contribution in [0.5, 0.6) is 0 Å². The Hall–Kier alpha value is -5.66. The fraction of sp³-hybridized carbons (Fsp3) is 0.0455. The summed E-state index contributed by atoms with van der Waals surface area (Å²) in [5.74, 6) is 0. The van der Waals surface area contributed by atoms with E-state index in [1.54, 1.807) is 0 Å². The van der Waals surface area contributed by atoms with Crippen LogP contribution in [0.3, 0.4) is 0 Å². The van der Waals surface area contributed by atoms with Gasteiger partial charge in [0.05, 0.1) is 5.41 Å². The lowest BCUT2D eigenvalue weighted by atomic mass is 9.67. The van der Waals surface area contributed by atoms with Crippen molar-refractivity contribution >= 4 is 21.9 Å². The molecule has 0 amide bonds. The van der Waals surface area contributed by atoms with Crippen molar-refractivity contribution in [1.29, 1.82) is 0 Å². The van der Waals surface area contributed by atoms with Crippen molar-refractivity contribution in [3.05, 3.63) is 203 Å². The third kappa shape index (κ3) is 4.01. The van der Waals surface area contributed by atoms with Gasteiger partial charge >= 0.3 is 0 Å². The molecule has 0 unspecified atom stereocenters. The molecule has 1 aromatic heterocycles. The number of hydrogen-bond acceptors (Lipinski definition) is 1. The molecule has 7 aromatic carbocycles. The van der Waals surface area contributed by atoms with Gasteiger partial charge in [0.1, 0.15) is 11.2 Å². The second kappa shape index (κ2) is 10.2. The Morgan fingerprint density at radius 1 is 0.400 bits per heavy atom. The summed E-state index contributed by atoms with van der Waals surface area (Å²) in [7, 11) is 0. The second-order valence-electron chi connectivity index (χ2n) is 12.1. The lowest BCUT2D eigenvalue weighted by Crippen LogP contribution is -2.28. The fourth-order valence-electron chi connectivity index (χ4n) is 7.59. The molecule has 0 atom stereocenters. The quantitative estimate of drug-likeness (QED) is 0.199. The highest BCUT2D eigenvalue weighted by Gasteiger charge is 2.45. The Bertz CT molecular complexity index is 2290. The van der Waals surface area contributed by atoms with Gasteiger partial charge in [-0.1, -0.05) is 146 Å². The Balaban J connectivity index is 1.16. The Morgan fingerprint density at radius 2 is 0.956 bits per heavy atom. The summed E-state index contributed by atoms with van der Waals surface area (Å²) >= 11 is 0. The van der Waals surface area contributed by atoms with E-state index in [0.29, 0.717) is 0 Å². The Morgan fingerprint density at radius 3 is 1.69 bits per heavy atom. The van der Waals surface area contributed by atoms with Crippen molar-refractivity contribution in [3.63, 3.8) is 0 Å². The molecule has 0 aliphatic heterocycles. The summed E-state index contributed by atoms with van der Waals surface area (Å²) in [6, 6.07) is 61.8. The average molecular weight is 575 g/mol. The number of fused-ring (bicyclic) bond motifs is 6. The van der Waals surface area contributed by atoms with Crippen LogP contribution in [0.25, 0.3) is 44.2 Å². The molecule has 212 valence electrons. The minimum atomic E-state index is -0.363. The van der Waals surface area contributed by atoms with Gasteiger partial charge in [0.2, 0.25) is 0 Å². The highest BCUT2D eigenvalue weighted by molar-refractivity contribution is 6.06. The zero-order chi connectivity index (χ0) is 29.8. The van der Waals surface area contributed by atoms with Gasteiger partial charge in [0.25, 0.3) is 0 Å². The first-order chi connectivity index (χ1) is 22.3. The Labute approximate surface area is 263 Å². The second-order valence-corrected chi connectivity index (χ2v) is 12.1. The van der Waals surface area contributed by atoms with Gasteiger partial charge in [-0.25, -0.2) is 0 Å². The summed E-state index contributed by atoms with van der Waals surface area (Å²) in [4.78, 5) is 0. The minimum Gasteiger partial charge on any atom is -0.456 e. The summed E-state index contributed by atoms with van der Waals surface area (Å²) in [5, 5.41) is 2.32. The van der Waals surface area contributed by atoms with Crippen molar-refractivity contribution in [2.45, 2.75) is 11.8 Å². The molecule has 9 rings (SSSR count). The van der Waals surface area contributed by atoms with Crippen molar-refractivity contribution in [2.75, 3.05) is 0 Å². The predicted octanol–water partition coefficient (Wildman–Crippen LogP) is 11.2. The van der Waals surface area contributed by atoms with Crippen molar-refractivity contribution in [3.8, 4) is 22.3 Å². The van der Waals surface area contributed by atoms with Gasteiger partial charge < -0.3 is 4.42 Å². The van der Waals surface area contributed by atoms with E-state index < -0.39 is 0 Å². The maximum atomic E-state index is 6.26. The SMILES string of the molecule is c1ccc(-c2ccc3oc4ccc(Cc5ccc6c(c5)-c5ccccc5C6(c5ccccc5)c5ccccc5)cc4c3c2)cc1. The van der Waals surface area contributed by atoms with Crippen molar-refractivity contribution < 1.29 is 4.42 Å². The van der Waals surface area contributed by atoms with Crippen LogP contribution in [0.15, 0.2) is 174 Å². The van der Waals surface area contributed by atoms with Crippen LogP contribution < -0.4 is 0 Å². The highest BCUT2D eigenvalue weighted by Crippen LogP contribution is 2.56. The fourth-order valence-corrected chi connectivity index (χ4v) is 7.59. The largest absolute Gasteiger partial charge is 0.456 e. The Kier molecular flexibility index (Phi) is 5.86. The molecule has 1 heteroatoms. The van der Waals surface area contributed by atoms with E-state index in [1.165, 1.54) is 61.0 Å². The van der Waals surface area contributed by atoms with E-state index in [4.69, 9.17) is 4.42 Å². The summed E-state index contributed by atoms with van der Waals surface area (Å²) in [6.45, 7) is 0. The lowest BCUT2D eigenvalue weighted by molar-refractivity contribution is 0.669. The topological polar surface area (TPSA) is 13.1 Å². The molecule has 0 saturated heterocycles. The minimum absolute atomic E-state index is 0.363. The molecule has 45 heavy (non-hydrogen) atoms. The number of furan rings is 1. The van der Waals surface area contributed by atoms with Gasteiger partial charge in [-0.2, -0.15) is 0 Å². The molecule has 1 nitrogen and oxygen atoms in total. The van der Waals surface area contributed by atoms with E-state index in [0.717, 1.165) is 23.0 Å². The van der Waals surface area contributed by atoms with Gasteiger partial charge in [-0.3, -0.25) is 0 Å². The van der Waals surface area contributed by atoms with Gasteiger partial charge in [-0.15, -0.1) is 0 Å². The van der Waals surface area contributed by atoms with Gasteiger partial charge in [0, 0.05) is 10.8 Å². The summed E-state index contributed by atoms with van der Waals surface area (Å²) in [5.41, 5.74) is 14.4. The van der Waals surface area contributed by atoms with Crippen LogP contribution in [-0.4, -0.2) is 0 Å². The first-order valence-corrected chi connectivity index (χ1v) is 15.6. The van der Waals surface area contributed by atoms with Gasteiger partial charge in [-0.05, 0) is 86.3 Å². The van der Waals surface area contributed by atoms with E-state index in [-0.39, 0.29) is 5.41 Å². The molecule has 0 radical (unpaired) electrons. The molecule has 0 N–H and O–H groups in total. The van der Waals surface area contributed by atoms with Crippen LogP contribution in [-0.2, 0) is 11.8 Å². The summed E-state index contributed by atoms with van der Waals surface area (Å²) in [6.07, 6.45) is 0.847. The predicted molar refractivity (Wildman–Crippen MR) is 186 cm³/mol. The number of benzene rings is 7. The van der Waals surface area contributed by atoms with E-state index >= 15 is 0 Å². The van der Waals surface area contributed by atoms with Crippen LogP contribution in [0, 0.1) is 0 Å². The first kappa shape index (κ1) is 25.8. The molecule has 1 heterocycles. The molecule has 1 aliphatic rings. The van der Waals surface area contributed by atoms with Crippen molar-refractivity contribution in [1.82, 2.24) is 0 Å². The standard InChI is InChI=1S/C44H30O/c1-4-12-32(13-5-1)33-22-25-43-39(29-33)38-28-31(21-24-42(38)45-43)26-30-20-23-41-37(27-30)36-18-10-11-19-40(36)44(41,34-14-6-2-7-15-34)35-16-8-3-9-17-35/h1-25,27-29H,26H2. The van der Waals surface area contributed by atoms with Crippen molar-refractivity contribution in [2.24, 2.45) is 0 Å². The van der Waals surface area contributed by atoms with Crippen LogP contribution in [0.2, 0.25) is 0 Å². The monoisotopic (exact) mass is 574 g/mol. The molecule has 0 saturated carbocycles. The molecule has 0 spiro atoms.